The van der Waals surface area contributed by atoms with Crippen LogP contribution in [0.2, 0.25) is 5.02 Å². The van der Waals surface area contributed by atoms with Crippen LogP contribution in [-0.4, -0.2) is 34.8 Å². The molecule has 36 heavy (non-hydrogen) atoms. The molecular weight excluding hydrogens is 472 g/mol. The highest BCUT2D eigenvalue weighted by Crippen LogP contribution is 2.26. The molecule has 1 atom stereocenters. The summed E-state index contributed by atoms with van der Waals surface area (Å²) in [6.07, 6.45) is 0.814. The van der Waals surface area contributed by atoms with Crippen LogP contribution in [0.3, 0.4) is 0 Å². The van der Waals surface area contributed by atoms with Gasteiger partial charge in [0.1, 0.15) is 6.61 Å². The highest BCUT2D eigenvalue weighted by Gasteiger charge is 2.32. The monoisotopic (exact) mass is 504 g/mol. The average molecular weight is 505 g/mol. The minimum absolute atomic E-state index is 0.0549. The van der Waals surface area contributed by atoms with Crippen LogP contribution in [0.5, 0.6) is 0 Å². The minimum atomic E-state index is -0.707. The molecule has 0 radical (unpaired) electrons. The smallest absolute Gasteiger partial charge is 0.309 e. The van der Waals surface area contributed by atoms with Crippen molar-refractivity contribution >= 4 is 23.3 Å². The Morgan fingerprint density at radius 2 is 1.72 bits per heavy atom. The van der Waals surface area contributed by atoms with E-state index in [2.05, 4.69) is 60.3 Å². The maximum Gasteiger partial charge on any atom is 0.309 e. The lowest BCUT2D eigenvalue weighted by Crippen LogP contribution is -2.49. The van der Waals surface area contributed by atoms with Gasteiger partial charge in [0.2, 0.25) is 0 Å². The summed E-state index contributed by atoms with van der Waals surface area (Å²) < 4.78 is 0. The molecule has 1 N–H and O–H groups in total. The lowest BCUT2D eigenvalue weighted by molar-refractivity contribution is -0.147. The number of rotatable bonds is 10. The van der Waals surface area contributed by atoms with Crippen molar-refractivity contribution in [1.82, 2.24) is 4.90 Å². The molecule has 1 fully saturated rings. The lowest BCUT2D eigenvalue weighted by Gasteiger charge is -2.36. The van der Waals surface area contributed by atoms with E-state index in [1.807, 2.05) is 37.3 Å². The highest BCUT2D eigenvalue weighted by molar-refractivity contribution is 6.30. The van der Waals surface area contributed by atoms with Crippen molar-refractivity contribution in [3.63, 3.8) is 0 Å². The predicted molar refractivity (Wildman–Crippen MR) is 145 cm³/mol. The molecule has 3 aromatic carbocycles. The maximum atomic E-state index is 11.0. The van der Waals surface area contributed by atoms with Crippen LogP contribution in [0.1, 0.15) is 46.2 Å². The SMILES string of the molecule is CC(=NOCc1ccc(CN2CC(C(=O)O)C2)cc1)C(Cc1ccc(C)c(C)c1)c1cccc(Cl)c1. The van der Waals surface area contributed by atoms with Gasteiger partial charge in [-0.1, -0.05) is 71.4 Å². The summed E-state index contributed by atoms with van der Waals surface area (Å²) in [6, 6.07) is 22.8. The largest absolute Gasteiger partial charge is 0.481 e. The molecule has 0 bridgehead atoms. The second-order valence-corrected chi connectivity index (χ2v) is 10.2. The van der Waals surface area contributed by atoms with Gasteiger partial charge >= 0.3 is 5.97 Å². The van der Waals surface area contributed by atoms with E-state index in [0.717, 1.165) is 35.4 Å². The standard InChI is InChI=1S/C30H33ClN2O3/c1-20-7-8-25(13-21(20)2)14-29(26-5-4-6-28(31)15-26)22(3)32-36-19-24-11-9-23(10-12-24)16-33-17-27(18-33)30(34)35/h4-13,15,27,29H,14,16-19H2,1-3H3,(H,34,35). The third-order valence-corrected chi connectivity index (χ3v) is 7.18. The van der Waals surface area contributed by atoms with Gasteiger partial charge in [-0.2, -0.15) is 0 Å². The van der Waals surface area contributed by atoms with Crippen LogP contribution in [0.25, 0.3) is 0 Å². The van der Waals surface area contributed by atoms with Crippen molar-refractivity contribution in [3.05, 3.63) is 105 Å². The predicted octanol–water partition coefficient (Wildman–Crippen LogP) is 6.39. The molecule has 0 aliphatic carbocycles. The van der Waals surface area contributed by atoms with Crippen molar-refractivity contribution in [2.24, 2.45) is 11.1 Å². The van der Waals surface area contributed by atoms with E-state index >= 15 is 0 Å². The number of likely N-dealkylation sites (tertiary alicyclic amines) is 1. The summed E-state index contributed by atoms with van der Waals surface area (Å²) in [5, 5.41) is 14.2. The van der Waals surface area contributed by atoms with Gasteiger partial charge in [-0.3, -0.25) is 9.69 Å². The molecule has 1 heterocycles. The van der Waals surface area contributed by atoms with Crippen LogP contribution in [0, 0.1) is 19.8 Å². The third-order valence-electron chi connectivity index (χ3n) is 6.94. The van der Waals surface area contributed by atoms with E-state index in [-0.39, 0.29) is 11.8 Å². The van der Waals surface area contributed by atoms with E-state index in [4.69, 9.17) is 21.5 Å². The van der Waals surface area contributed by atoms with Crippen molar-refractivity contribution in [1.29, 1.82) is 0 Å². The van der Waals surface area contributed by atoms with Crippen LogP contribution < -0.4 is 0 Å². The van der Waals surface area contributed by atoms with Gasteiger partial charge in [0.15, 0.2) is 0 Å². The molecule has 4 rings (SSSR count). The Labute approximate surface area is 218 Å². The summed E-state index contributed by atoms with van der Waals surface area (Å²) in [6.45, 7) is 8.65. The summed E-state index contributed by atoms with van der Waals surface area (Å²) in [7, 11) is 0. The molecule has 188 valence electrons. The first-order chi connectivity index (χ1) is 17.3. The molecule has 1 unspecified atom stereocenters. The van der Waals surface area contributed by atoms with E-state index in [1.165, 1.54) is 16.7 Å². The first-order valence-electron chi connectivity index (χ1n) is 12.3. The molecule has 6 heteroatoms. The maximum absolute atomic E-state index is 11.0. The number of carboxylic acid groups (broad SMARTS) is 1. The fraction of sp³-hybridized carbons (Fsp3) is 0.333. The van der Waals surface area contributed by atoms with Crippen LogP contribution >= 0.6 is 11.6 Å². The van der Waals surface area contributed by atoms with Gasteiger partial charge in [0.25, 0.3) is 0 Å². The van der Waals surface area contributed by atoms with Crippen molar-refractivity contribution in [2.75, 3.05) is 13.1 Å². The Kier molecular flexibility index (Phi) is 8.44. The van der Waals surface area contributed by atoms with Gasteiger partial charge in [0, 0.05) is 30.6 Å². The van der Waals surface area contributed by atoms with Gasteiger partial charge in [-0.25, -0.2) is 0 Å². The minimum Gasteiger partial charge on any atom is -0.481 e. The number of halogens is 1. The number of nitrogens with zero attached hydrogens (tertiary/aromatic N) is 2. The number of hydrogen-bond acceptors (Lipinski definition) is 4. The molecule has 1 aliphatic rings. The molecular formula is C30H33ClN2O3. The summed E-state index contributed by atoms with van der Waals surface area (Å²) in [5.74, 6) is -0.884. The number of benzene rings is 3. The Morgan fingerprint density at radius 1 is 1.03 bits per heavy atom. The number of aryl methyl sites for hydroxylation is 2. The Hall–Kier alpha value is -3.15. The first kappa shape index (κ1) is 25.9. The fourth-order valence-corrected chi connectivity index (χ4v) is 4.72. The summed E-state index contributed by atoms with van der Waals surface area (Å²) in [5.41, 5.74) is 8.04. The van der Waals surface area contributed by atoms with Gasteiger partial charge in [-0.15, -0.1) is 0 Å². The van der Waals surface area contributed by atoms with E-state index in [9.17, 15) is 4.79 Å². The number of carbonyl (C=O) groups is 1. The van der Waals surface area contributed by atoms with Gasteiger partial charge in [0.05, 0.1) is 11.6 Å². The topological polar surface area (TPSA) is 62.1 Å². The van der Waals surface area contributed by atoms with Crippen LogP contribution in [0.4, 0.5) is 0 Å². The normalized spacial score (nSPS) is 15.4. The average Bonchev–Trinajstić information content (AvgIpc) is 2.82. The van der Waals surface area contributed by atoms with Gasteiger partial charge < -0.3 is 9.94 Å². The number of hydrogen-bond donors (Lipinski definition) is 1. The molecule has 0 amide bonds. The van der Waals surface area contributed by atoms with E-state index < -0.39 is 5.97 Å². The van der Waals surface area contributed by atoms with Crippen molar-refractivity contribution < 1.29 is 14.7 Å². The molecule has 1 aliphatic heterocycles. The van der Waals surface area contributed by atoms with Gasteiger partial charge in [-0.05, 0) is 72.7 Å². The lowest BCUT2D eigenvalue weighted by atomic mass is 9.88. The molecule has 0 spiro atoms. The number of carboxylic acids is 1. The molecule has 0 saturated carbocycles. The second-order valence-electron chi connectivity index (χ2n) is 9.78. The first-order valence-corrected chi connectivity index (χ1v) is 12.7. The van der Waals surface area contributed by atoms with E-state index in [0.29, 0.717) is 24.7 Å². The zero-order valence-corrected chi connectivity index (χ0v) is 21.8. The van der Waals surface area contributed by atoms with Crippen LogP contribution in [0.15, 0.2) is 71.9 Å². The quantitative estimate of drug-likeness (QED) is 0.256. The molecule has 5 nitrogen and oxygen atoms in total. The summed E-state index contributed by atoms with van der Waals surface area (Å²) in [4.78, 5) is 18.9. The molecule has 1 saturated heterocycles. The van der Waals surface area contributed by atoms with Crippen molar-refractivity contribution in [2.45, 2.75) is 46.3 Å². The number of oxime groups is 1. The zero-order valence-electron chi connectivity index (χ0n) is 21.1. The Bertz CT molecular complexity index is 1230. The zero-order chi connectivity index (χ0) is 25.7. The molecule has 3 aromatic rings. The summed E-state index contributed by atoms with van der Waals surface area (Å²) >= 11 is 6.30. The number of aliphatic carboxylic acids is 1. The fourth-order valence-electron chi connectivity index (χ4n) is 4.52. The third kappa shape index (κ3) is 6.74. The Morgan fingerprint density at radius 3 is 2.39 bits per heavy atom. The van der Waals surface area contributed by atoms with Crippen LogP contribution in [-0.2, 0) is 29.2 Å². The van der Waals surface area contributed by atoms with Crippen molar-refractivity contribution in [3.8, 4) is 0 Å². The Balaban J connectivity index is 1.38. The second kappa shape index (κ2) is 11.7. The molecule has 0 aromatic heterocycles. The van der Waals surface area contributed by atoms with E-state index in [1.54, 1.807) is 0 Å². The highest BCUT2D eigenvalue weighted by atomic mass is 35.5.